The van der Waals surface area contributed by atoms with E-state index in [1.165, 1.54) is 45.1 Å². The number of carbonyl (C=O) groups is 1. The molecule has 5 N–H and O–H groups in total. The third-order valence-electron chi connectivity index (χ3n) is 18.2. The van der Waals surface area contributed by atoms with E-state index in [0.29, 0.717) is 79.8 Å². The van der Waals surface area contributed by atoms with E-state index < -0.39 is 6.29 Å². The van der Waals surface area contributed by atoms with Crippen molar-refractivity contribution in [3.63, 3.8) is 0 Å². The van der Waals surface area contributed by atoms with Crippen LogP contribution in [-0.2, 0) is 56.4 Å². The van der Waals surface area contributed by atoms with Gasteiger partial charge in [0.25, 0.3) is 0 Å². The number of aryl methyl sites for hydroxylation is 1. The molecule has 5 unspecified atom stereocenters. The molecule has 5 atom stereocenters. The molecule has 30 nitrogen and oxygen atoms in total. The van der Waals surface area contributed by atoms with E-state index in [0.717, 1.165) is 91.2 Å². The lowest BCUT2D eigenvalue weighted by Gasteiger charge is -2.37. The number of unbranched alkanes of at least 4 members (excludes halogenated alkanes) is 2. The van der Waals surface area contributed by atoms with Crippen molar-refractivity contribution in [2.24, 2.45) is 11.5 Å². The summed E-state index contributed by atoms with van der Waals surface area (Å²) in [6, 6.07) is 50.8. The lowest BCUT2D eigenvalue weighted by atomic mass is 9.98. The van der Waals surface area contributed by atoms with Gasteiger partial charge in [0.05, 0.1) is 83.2 Å². The number of aldehydes is 1. The molecule has 0 aliphatic heterocycles. The summed E-state index contributed by atoms with van der Waals surface area (Å²) in [6.07, 6.45) is 27.1. The van der Waals surface area contributed by atoms with Crippen LogP contribution in [0.1, 0.15) is 169 Å². The molecule has 702 valence electrons. The van der Waals surface area contributed by atoms with Gasteiger partial charge in [-0.3, -0.25) is 18.8 Å². The van der Waals surface area contributed by atoms with Gasteiger partial charge < -0.3 is 68.9 Å². The molecule has 127 heavy (non-hydrogen) atoms. The van der Waals surface area contributed by atoms with E-state index in [-0.39, 0.29) is 43.6 Å². The summed E-state index contributed by atoms with van der Waals surface area (Å²) >= 11 is 8.76. The molecule has 0 fully saturated rings. The second-order valence-corrected chi connectivity index (χ2v) is 27.2. The van der Waals surface area contributed by atoms with Crippen molar-refractivity contribution >= 4 is 56.5 Å². The normalized spacial score (nSPS) is 11.4. The number of hydrogen-bond donors (Lipinski definition) is 3. The Balaban J connectivity index is 0.00000146. The first-order chi connectivity index (χ1) is 61.3. The first-order valence-corrected chi connectivity index (χ1v) is 45.4. The molecule has 10 aromatic rings. The van der Waals surface area contributed by atoms with Gasteiger partial charge in [0.2, 0.25) is 47.4 Å². The van der Waals surface area contributed by atoms with Gasteiger partial charge in [0.15, 0.2) is 12.6 Å². The maximum atomic E-state index is 12.6. The average Bonchev–Trinajstić information content (AvgIpc) is 1.55. The molecule has 2 aromatic carbocycles. The molecular formula is C94H138Br3N13O17. The third-order valence-corrected chi connectivity index (χ3v) is 18.7. The van der Waals surface area contributed by atoms with E-state index in [1.54, 1.807) is 116 Å². The van der Waals surface area contributed by atoms with Gasteiger partial charge >= 0.3 is 5.69 Å². The van der Waals surface area contributed by atoms with Gasteiger partial charge in [-0.05, 0) is 145 Å². The Kier molecular flexibility index (Phi) is 70.8. The van der Waals surface area contributed by atoms with Gasteiger partial charge in [0.1, 0.15) is 0 Å². The van der Waals surface area contributed by atoms with Crippen LogP contribution >= 0.6 is 44.2 Å². The number of halogens is 3. The fraction of sp³-hybridized carbons (Fsp3) is 0.436. The van der Waals surface area contributed by atoms with E-state index in [9.17, 15) is 9.59 Å². The van der Waals surface area contributed by atoms with Crippen molar-refractivity contribution in [3.8, 4) is 41.2 Å². The zero-order valence-electron chi connectivity index (χ0n) is 76.5. The second-order valence-electron chi connectivity index (χ2n) is 26.3. The number of hydrogen-bond acceptors (Lipinski definition) is 28. The summed E-state index contributed by atoms with van der Waals surface area (Å²) in [6.45, 7) is 16.8. The fourth-order valence-electron chi connectivity index (χ4n) is 11.3. The van der Waals surface area contributed by atoms with Crippen molar-refractivity contribution in [1.82, 2.24) is 54.2 Å². The minimum absolute atomic E-state index is 0. The van der Waals surface area contributed by atoms with Gasteiger partial charge in [-0.15, -0.1) is 0 Å². The predicted molar refractivity (Wildman–Crippen MR) is 513 cm³/mol. The molecule has 0 spiro atoms. The van der Waals surface area contributed by atoms with Gasteiger partial charge in [0, 0.05) is 203 Å². The number of aromatic nitrogens is 9. The van der Waals surface area contributed by atoms with Crippen LogP contribution in [0.2, 0.25) is 0 Å². The van der Waals surface area contributed by atoms with Crippen molar-refractivity contribution < 1.29 is 76.5 Å². The number of carbonyl (C=O) groups excluding carboxylic acids is 1. The number of nitrogens with one attached hydrogen (secondary N) is 1. The molecule has 8 heterocycles. The first-order valence-electron chi connectivity index (χ1n) is 40.9. The largest absolute Gasteiger partial charge is 0.481 e. The monoisotopic (exact) mass is 1960 g/mol. The highest BCUT2D eigenvalue weighted by molar-refractivity contribution is 9.93. The summed E-state index contributed by atoms with van der Waals surface area (Å²) in [5, 5.41) is 3.39. The van der Waals surface area contributed by atoms with Crippen LogP contribution in [-0.4, -0.2) is 187 Å². The standard InChI is InChI=1S/C24H28N2O.C17H25N3O4.C13H22N2O3.C9H14N2O.C9H11NO.C6H6BrNO.C6H7NO.C5H13NO2.C4H8O3.CH4.Br2/c1-4-23(22-15-16-24(27-3)25-17-22)26(18-20-11-7-5-8-12-20)19(2)21-13-9-6-10-14-21;1-4-15(14-7-8-16(22-2)18-13-14)20-11-10-19(17(20)21)9-5-6-12-24-23-3;1-5-11(14-9-13(17-3)18-4)10-6-7-12(16-2)15-8-10;1-3-8(10)7-4-5-9(12-2)11-6-7;1-3-4-8-5-6-9(11-2)10-7-8;1-9-6-3-2-5(7)4-8-6;1-8-6-4-2-3-5-7-6;1-7-8-5-3-2-4-6;1-6-4(3-5)7-2;;1-2/h5-17,19,23H,4,18H2,1-3H3;7-8,10-11,13,15H,4-6,9,12H2,1-3H3;6-8,11,13-14H,5,9H2,1-4H3;4-6,8H,3,10H2,1-2H3;3-7H,1-2H3;2-4H,1H3;2-5H,1H3;2-6H2,1H3;3-4H,1-2H3;1H4;/b;;;;4-3+;;;;;;. The van der Waals surface area contributed by atoms with Crippen LogP contribution in [0.4, 0.5) is 0 Å². The summed E-state index contributed by atoms with van der Waals surface area (Å²) in [7, 11) is 20.3. The molecule has 0 bridgehead atoms. The number of benzene rings is 2. The van der Waals surface area contributed by atoms with Crippen LogP contribution < -0.4 is 55.6 Å². The Hall–Kier alpha value is -9.53. The zero-order chi connectivity index (χ0) is 93.3. The lowest BCUT2D eigenvalue weighted by Crippen LogP contribution is -2.32. The molecule has 0 radical (unpaired) electrons. The Morgan fingerprint density at radius 1 is 0.488 bits per heavy atom. The number of ether oxygens (including phenoxy) is 11. The number of pyridine rings is 7. The van der Waals surface area contributed by atoms with E-state index >= 15 is 0 Å². The number of methoxy groups -OCH3 is 11. The zero-order valence-corrected chi connectivity index (χ0v) is 81.3. The Morgan fingerprint density at radius 3 is 1.34 bits per heavy atom. The number of rotatable bonds is 41. The Bertz CT molecular complexity index is 4270. The molecule has 0 aliphatic rings. The van der Waals surface area contributed by atoms with Crippen LogP contribution in [0.15, 0.2) is 223 Å². The summed E-state index contributed by atoms with van der Waals surface area (Å²) in [5.74, 6) is 4.42. The maximum Gasteiger partial charge on any atom is 0.328 e. The summed E-state index contributed by atoms with van der Waals surface area (Å²) in [5.41, 5.74) is 19.1. The minimum atomic E-state index is -0.694. The van der Waals surface area contributed by atoms with Crippen LogP contribution in [0.3, 0.4) is 0 Å². The third kappa shape index (κ3) is 49.6. The molecule has 10 rings (SSSR count). The topological polar surface area (TPSA) is 340 Å². The van der Waals surface area contributed by atoms with Crippen molar-refractivity contribution in [1.29, 1.82) is 0 Å². The molecular weight excluding hydrogens is 1820 g/mol. The number of nitrogens with zero attached hydrogens (tertiary/aromatic N) is 10. The highest BCUT2D eigenvalue weighted by Crippen LogP contribution is 2.35. The Morgan fingerprint density at radius 2 is 0.953 bits per heavy atom. The second kappa shape index (κ2) is 76.5. The Labute approximate surface area is 777 Å². The maximum absolute atomic E-state index is 12.6. The molecule has 0 aliphatic carbocycles. The highest BCUT2D eigenvalue weighted by atomic mass is 80.9. The molecule has 0 saturated carbocycles. The fourth-order valence-corrected chi connectivity index (χ4v) is 11.5. The van der Waals surface area contributed by atoms with Crippen molar-refractivity contribution in [2.75, 3.05) is 119 Å². The van der Waals surface area contributed by atoms with Crippen molar-refractivity contribution in [2.45, 2.75) is 156 Å². The molecule has 8 aromatic heterocycles. The molecule has 0 saturated heterocycles. The summed E-state index contributed by atoms with van der Waals surface area (Å²) in [4.78, 5) is 72.0. The minimum Gasteiger partial charge on any atom is -0.481 e. The van der Waals surface area contributed by atoms with Crippen LogP contribution in [0.5, 0.6) is 41.2 Å². The quantitative estimate of drug-likeness (QED) is 0.0105. The van der Waals surface area contributed by atoms with Crippen LogP contribution in [0, 0.1) is 0 Å². The number of nitrogens with two attached hydrogens (primary N) is 2. The smallest absolute Gasteiger partial charge is 0.328 e. The van der Waals surface area contributed by atoms with Crippen LogP contribution in [0.25, 0.3) is 6.08 Å². The predicted octanol–water partition coefficient (Wildman–Crippen LogP) is 19.0. The lowest BCUT2D eigenvalue weighted by molar-refractivity contribution is -0.272. The van der Waals surface area contributed by atoms with E-state index in [4.69, 9.17) is 59.0 Å². The van der Waals surface area contributed by atoms with Gasteiger partial charge in [-0.2, -0.15) is 0 Å². The van der Waals surface area contributed by atoms with E-state index in [1.807, 2.05) is 117 Å². The molecule has 33 heteroatoms. The van der Waals surface area contributed by atoms with Crippen molar-refractivity contribution in [3.05, 3.63) is 267 Å². The van der Waals surface area contributed by atoms with Gasteiger partial charge in [-0.25, -0.2) is 59.2 Å². The van der Waals surface area contributed by atoms with Gasteiger partial charge in [-0.1, -0.05) is 138 Å². The average molecular weight is 1960 g/mol. The molecule has 0 amide bonds. The highest BCUT2D eigenvalue weighted by Gasteiger charge is 2.26. The number of allylic oxidation sites excluding steroid dienone is 1. The summed E-state index contributed by atoms with van der Waals surface area (Å²) < 4.78 is 58.5. The van der Waals surface area contributed by atoms with E-state index in [2.05, 4.69) is 215 Å². The number of imidazole rings is 1. The first kappa shape index (κ1) is 117. The SMILES string of the molecule is BrBr.C.C/C=C/c1ccc(OC)nc1.CCC(N)c1ccc(OC)nc1.CCC(NCC(OC)OC)c1ccc(OC)nc1.CCC(c1ccc(OC)nc1)N(Cc1ccccc1)C(C)c1ccccc1.CCC(c1ccc(OC)nc1)n1ccn(CCCCOOC)c1=O.COC(C=O)OC.COOCCCCN.COc1ccc(Br)cn1.COc1ccccn1.